The van der Waals surface area contributed by atoms with Crippen LogP contribution in [-0.4, -0.2) is 101 Å². The van der Waals surface area contributed by atoms with Crippen molar-refractivity contribution >= 4 is 67.7 Å². The SMILES string of the molecule is CCN(CC)c1ccc2cc(C(=O)NCCN(CCNC(=O)c3cc4ccc(N(CC)CC)cc4oc3=O)CCNC(=O)c3cc4ccc(N(CC)CC)cc4oc3=O)c(=O)oc2c1. The van der Waals surface area contributed by atoms with E-state index in [1.165, 1.54) is 18.2 Å². The Morgan fingerprint density at radius 3 is 0.938 bits per heavy atom. The van der Waals surface area contributed by atoms with Crippen LogP contribution in [0.2, 0.25) is 0 Å². The van der Waals surface area contributed by atoms with Crippen molar-refractivity contribution in [3.05, 3.63) is 121 Å². The number of nitrogens with one attached hydrogen (secondary N) is 3. The van der Waals surface area contributed by atoms with E-state index in [4.69, 9.17) is 13.3 Å². The second-order valence-corrected chi connectivity index (χ2v) is 15.1. The molecule has 0 aliphatic heterocycles. The van der Waals surface area contributed by atoms with Gasteiger partial charge in [0.25, 0.3) is 17.7 Å². The minimum atomic E-state index is -0.769. The molecule has 0 fully saturated rings. The minimum Gasteiger partial charge on any atom is -0.422 e. The zero-order valence-electron chi connectivity index (χ0n) is 37.4. The van der Waals surface area contributed by atoms with Crippen molar-refractivity contribution < 1.29 is 27.6 Å². The van der Waals surface area contributed by atoms with Crippen LogP contribution in [0.4, 0.5) is 17.1 Å². The summed E-state index contributed by atoms with van der Waals surface area (Å²) in [6.07, 6.45) is 0. The fraction of sp³-hybridized carbons (Fsp3) is 0.375. The Morgan fingerprint density at radius 1 is 0.422 bits per heavy atom. The molecule has 16 heteroatoms. The molecule has 64 heavy (non-hydrogen) atoms. The summed E-state index contributed by atoms with van der Waals surface area (Å²) in [5.74, 6) is -1.86. The first kappa shape index (κ1) is 46.6. The van der Waals surface area contributed by atoms with Crippen molar-refractivity contribution in [1.29, 1.82) is 0 Å². The van der Waals surface area contributed by atoms with Gasteiger partial charge in [0, 0.05) is 130 Å². The van der Waals surface area contributed by atoms with E-state index < -0.39 is 34.6 Å². The fourth-order valence-corrected chi connectivity index (χ4v) is 7.73. The van der Waals surface area contributed by atoms with Gasteiger partial charge >= 0.3 is 16.9 Å². The highest BCUT2D eigenvalue weighted by atomic mass is 16.4. The number of carbonyl (C=O) groups is 3. The van der Waals surface area contributed by atoms with Crippen molar-refractivity contribution in [1.82, 2.24) is 20.9 Å². The molecule has 3 amide bonds. The molecule has 6 aromatic rings. The van der Waals surface area contributed by atoms with E-state index in [9.17, 15) is 28.8 Å². The third-order valence-electron chi connectivity index (χ3n) is 11.4. The van der Waals surface area contributed by atoms with Crippen molar-refractivity contribution in [2.24, 2.45) is 0 Å². The van der Waals surface area contributed by atoms with Crippen LogP contribution < -0.4 is 47.5 Å². The number of fused-ring (bicyclic) bond motifs is 3. The zero-order valence-corrected chi connectivity index (χ0v) is 37.4. The van der Waals surface area contributed by atoms with Crippen LogP contribution in [0, 0.1) is 0 Å². The molecule has 338 valence electrons. The lowest BCUT2D eigenvalue weighted by atomic mass is 10.1. The summed E-state index contributed by atoms with van der Waals surface area (Å²) >= 11 is 0. The summed E-state index contributed by atoms with van der Waals surface area (Å²) in [5.41, 5.74) is 1.08. The Balaban J connectivity index is 1.13. The third kappa shape index (κ3) is 10.8. The lowest BCUT2D eigenvalue weighted by Gasteiger charge is -2.23. The van der Waals surface area contributed by atoms with E-state index in [2.05, 4.69) is 30.7 Å². The lowest BCUT2D eigenvalue weighted by Crippen LogP contribution is -2.43. The quantitative estimate of drug-likeness (QED) is 0.0777. The van der Waals surface area contributed by atoms with Gasteiger partial charge in [-0.1, -0.05) is 0 Å². The van der Waals surface area contributed by atoms with Crippen molar-refractivity contribution in [3.63, 3.8) is 0 Å². The molecule has 0 saturated heterocycles. The standard InChI is InChI=1S/C48H57N7O9/c1-7-53(8-2)34-16-13-31-25-37(46(59)62-40(31)28-34)43(56)49-19-22-52(23-20-50-44(57)38-26-32-14-17-35(54(9-3)10-4)29-41(32)63-47(38)60)24-21-51-45(58)39-27-33-15-18-36(55(11-5)12-6)30-42(33)64-48(39)61/h13-18,25-30H,7-12,19-24H2,1-6H3,(H,49,56)(H,50,57)(H,51,58). The second kappa shape index (κ2) is 21.4. The summed E-state index contributed by atoms with van der Waals surface area (Å²) in [6.45, 7) is 17.9. The number of hydrogen-bond donors (Lipinski definition) is 3. The van der Waals surface area contributed by atoms with Crippen LogP contribution in [0.15, 0.2) is 100 Å². The Kier molecular flexibility index (Phi) is 15.6. The van der Waals surface area contributed by atoms with Gasteiger partial charge in [0.1, 0.15) is 33.4 Å². The molecule has 0 aliphatic carbocycles. The number of rotatable bonds is 21. The summed E-state index contributed by atoms with van der Waals surface area (Å²) in [5, 5.41) is 10.1. The fourth-order valence-electron chi connectivity index (χ4n) is 7.73. The van der Waals surface area contributed by atoms with Crippen molar-refractivity contribution in [3.8, 4) is 0 Å². The van der Waals surface area contributed by atoms with Crippen molar-refractivity contribution in [2.75, 3.05) is 93.2 Å². The van der Waals surface area contributed by atoms with Gasteiger partial charge in [-0.25, -0.2) is 14.4 Å². The number of anilines is 3. The van der Waals surface area contributed by atoms with Gasteiger partial charge in [0.2, 0.25) is 0 Å². The largest absolute Gasteiger partial charge is 0.422 e. The van der Waals surface area contributed by atoms with Gasteiger partial charge in [0.05, 0.1) is 0 Å². The van der Waals surface area contributed by atoms with Gasteiger partial charge in [0.15, 0.2) is 0 Å². The number of benzene rings is 3. The summed E-state index contributed by atoms with van der Waals surface area (Å²) in [6, 6.07) is 21.0. The maximum atomic E-state index is 13.3. The van der Waals surface area contributed by atoms with Crippen molar-refractivity contribution in [2.45, 2.75) is 41.5 Å². The third-order valence-corrected chi connectivity index (χ3v) is 11.4. The smallest absolute Gasteiger partial charge is 0.349 e. The molecule has 3 aromatic carbocycles. The molecule has 3 N–H and O–H groups in total. The first-order valence-electron chi connectivity index (χ1n) is 22.0. The highest BCUT2D eigenvalue weighted by Crippen LogP contribution is 2.24. The topological polar surface area (TPSA) is 191 Å². The molecule has 0 saturated carbocycles. The molecule has 3 aromatic heterocycles. The number of amides is 3. The summed E-state index contributed by atoms with van der Waals surface area (Å²) in [4.78, 5) is 87.0. The highest BCUT2D eigenvalue weighted by molar-refractivity contribution is 5.98. The first-order valence-corrected chi connectivity index (χ1v) is 22.0. The maximum absolute atomic E-state index is 13.3. The Bertz CT molecular complexity index is 2500. The van der Waals surface area contributed by atoms with Crippen LogP contribution in [0.1, 0.15) is 72.6 Å². The summed E-state index contributed by atoms with van der Waals surface area (Å²) < 4.78 is 16.7. The molecule has 6 rings (SSSR count). The van der Waals surface area contributed by atoms with E-state index in [0.717, 1.165) is 56.3 Å². The van der Waals surface area contributed by atoms with E-state index >= 15 is 0 Å². The van der Waals surface area contributed by atoms with E-state index in [0.29, 0.717) is 32.9 Å². The predicted molar refractivity (Wildman–Crippen MR) is 252 cm³/mol. The first-order chi connectivity index (χ1) is 30.9. The van der Waals surface area contributed by atoms with E-state index in [-0.39, 0.29) is 56.0 Å². The van der Waals surface area contributed by atoms with Gasteiger partial charge in [-0.15, -0.1) is 0 Å². The lowest BCUT2D eigenvalue weighted by molar-refractivity contribution is 0.0944. The van der Waals surface area contributed by atoms with Crippen LogP contribution in [0.5, 0.6) is 0 Å². The number of carbonyl (C=O) groups excluding carboxylic acids is 3. The normalized spacial score (nSPS) is 11.3. The minimum absolute atomic E-state index is 0.0899. The Hall–Kier alpha value is -6.94. The van der Waals surface area contributed by atoms with E-state index in [1.54, 1.807) is 18.2 Å². The molecule has 0 spiro atoms. The monoisotopic (exact) mass is 875 g/mol. The number of nitrogens with zero attached hydrogens (tertiary/aromatic N) is 4. The number of hydrogen-bond acceptors (Lipinski definition) is 13. The zero-order chi connectivity index (χ0) is 45.9. The molecule has 16 nitrogen and oxygen atoms in total. The molecular formula is C48H57N7O9. The molecule has 0 radical (unpaired) electrons. The average molecular weight is 876 g/mol. The maximum Gasteiger partial charge on any atom is 0.349 e. The van der Waals surface area contributed by atoms with E-state index in [1.807, 2.05) is 82.8 Å². The molecule has 0 atom stereocenters. The Labute approximate surface area is 370 Å². The Morgan fingerprint density at radius 2 is 0.688 bits per heavy atom. The highest BCUT2D eigenvalue weighted by Gasteiger charge is 2.19. The van der Waals surface area contributed by atoms with Crippen LogP contribution in [0.3, 0.4) is 0 Å². The predicted octanol–water partition coefficient (Wildman–Crippen LogP) is 5.44. The van der Waals surface area contributed by atoms with Gasteiger partial charge in [-0.3, -0.25) is 19.3 Å². The van der Waals surface area contributed by atoms with Gasteiger partial charge in [-0.2, -0.15) is 0 Å². The van der Waals surface area contributed by atoms with Gasteiger partial charge in [-0.05, 0) is 96.1 Å². The van der Waals surface area contributed by atoms with Crippen LogP contribution in [-0.2, 0) is 0 Å². The molecular weight excluding hydrogens is 819 g/mol. The molecule has 0 bridgehead atoms. The average Bonchev–Trinajstić information content (AvgIpc) is 3.29. The molecule has 3 heterocycles. The second-order valence-electron chi connectivity index (χ2n) is 15.1. The summed E-state index contributed by atoms with van der Waals surface area (Å²) in [7, 11) is 0. The molecule has 0 aliphatic rings. The van der Waals surface area contributed by atoms with Crippen LogP contribution >= 0.6 is 0 Å². The molecule has 0 unspecified atom stereocenters. The van der Waals surface area contributed by atoms with Gasteiger partial charge < -0.3 is 43.9 Å². The van der Waals surface area contributed by atoms with Crippen LogP contribution in [0.25, 0.3) is 32.9 Å².